The number of hydrogen-bond donors (Lipinski definition) is 3. The highest BCUT2D eigenvalue weighted by molar-refractivity contribution is 5.99. The van der Waals surface area contributed by atoms with Crippen LogP contribution in [0.15, 0.2) is 67.1 Å². The molecule has 0 radical (unpaired) electrons. The van der Waals surface area contributed by atoms with Gasteiger partial charge in [-0.2, -0.15) is 5.10 Å². The molecule has 0 atom stereocenters. The number of pyridine rings is 3. The molecule has 0 aliphatic carbocycles. The zero-order valence-corrected chi connectivity index (χ0v) is 22.1. The van der Waals surface area contributed by atoms with Crippen LogP contribution >= 0.6 is 0 Å². The van der Waals surface area contributed by atoms with E-state index >= 15 is 0 Å². The summed E-state index contributed by atoms with van der Waals surface area (Å²) in [6.45, 7) is 0.881. The normalized spacial score (nSPS) is 11.5. The Hall–Kier alpha value is -4.63. The van der Waals surface area contributed by atoms with Gasteiger partial charge in [0.05, 0.1) is 34.5 Å². The highest BCUT2D eigenvalue weighted by Gasteiger charge is 2.17. The maximum Gasteiger partial charge on any atom is 0.135 e. The summed E-state index contributed by atoms with van der Waals surface area (Å²) in [7, 11) is 5.89. The summed E-state index contributed by atoms with van der Waals surface area (Å²) in [6, 6.07) is 15.1. The van der Waals surface area contributed by atoms with Crippen LogP contribution in [0.25, 0.3) is 55.8 Å². The summed E-state index contributed by atoms with van der Waals surface area (Å²) in [5.74, 6) is -0.260. The summed E-state index contributed by atoms with van der Waals surface area (Å²) in [4.78, 5) is 19.5. The van der Waals surface area contributed by atoms with Crippen LogP contribution in [0, 0.1) is 5.82 Å². The maximum absolute atomic E-state index is 14.6. The zero-order chi connectivity index (χ0) is 26.9. The van der Waals surface area contributed by atoms with Crippen molar-refractivity contribution in [1.29, 1.82) is 0 Å². The first-order valence-electron chi connectivity index (χ1n) is 12.9. The minimum Gasteiger partial charge on any atom is -0.376 e. The maximum atomic E-state index is 14.6. The van der Waals surface area contributed by atoms with Gasteiger partial charge in [0.2, 0.25) is 0 Å². The van der Waals surface area contributed by atoms with E-state index in [0.29, 0.717) is 5.69 Å². The van der Waals surface area contributed by atoms with Crippen LogP contribution in [0.5, 0.6) is 0 Å². The van der Waals surface area contributed by atoms with Crippen molar-refractivity contribution in [2.45, 2.75) is 12.8 Å². The molecule has 1 aromatic carbocycles. The lowest BCUT2D eigenvalue weighted by Gasteiger charge is -2.12. The second kappa shape index (κ2) is 10.3. The fourth-order valence-electron chi connectivity index (χ4n) is 4.87. The monoisotopic (exact) mass is 520 g/mol. The topological polar surface area (TPSA) is 98.4 Å². The van der Waals surface area contributed by atoms with Gasteiger partial charge < -0.3 is 15.2 Å². The van der Waals surface area contributed by atoms with Crippen molar-refractivity contribution in [1.82, 2.24) is 35.5 Å². The van der Waals surface area contributed by atoms with Crippen molar-refractivity contribution >= 4 is 27.6 Å². The molecule has 0 bridgehead atoms. The summed E-state index contributed by atoms with van der Waals surface area (Å²) in [5.41, 5.74) is 9.17. The van der Waals surface area contributed by atoms with E-state index in [1.54, 1.807) is 18.3 Å². The number of halogens is 1. The van der Waals surface area contributed by atoms with Crippen LogP contribution < -0.4 is 10.2 Å². The molecule has 0 fully saturated rings. The smallest absolute Gasteiger partial charge is 0.135 e. The third-order valence-corrected chi connectivity index (χ3v) is 6.87. The standard InChI is InChI=1S/C30H29FN8/c1-32-9-4-5-18-11-19(13-21(31)12-18)28-23-15-27(35-25(23)8-10-34-28)30-29-26(37-38-30)7-6-24(36-29)20-14-22(39(2)3)17-33-16-20/h6-8,10-17,32,35H,4-5,9H2,1-3H3,(H,37,38). The van der Waals surface area contributed by atoms with Gasteiger partial charge in [-0.1, -0.05) is 0 Å². The first kappa shape index (κ1) is 24.7. The Kier molecular flexibility index (Phi) is 6.50. The van der Waals surface area contributed by atoms with Gasteiger partial charge in [0, 0.05) is 48.5 Å². The highest BCUT2D eigenvalue weighted by Crippen LogP contribution is 2.34. The molecule has 196 valence electrons. The average Bonchev–Trinajstić information content (AvgIpc) is 3.56. The van der Waals surface area contributed by atoms with Crippen molar-refractivity contribution in [3.63, 3.8) is 0 Å². The second-order valence-electron chi connectivity index (χ2n) is 9.85. The third kappa shape index (κ3) is 4.84. The molecule has 0 aliphatic heterocycles. The molecule has 5 aromatic heterocycles. The van der Waals surface area contributed by atoms with Crippen LogP contribution in [0.4, 0.5) is 10.1 Å². The minimum atomic E-state index is -0.260. The first-order chi connectivity index (χ1) is 19.0. The van der Waals surface area contributed by atoms with Crippen molar-refractivity contribution in [3.05, 3.63) is 78.5 Å². The molecule has 0 spiro atoms. The van der Waals surface area contributed by atoms with Crippen molar-refractivity contribution in [2.75, 3.05) is 32.6 Å². The number of rotatable bonds is 8. The Morgan fingerprint density at radius 1 is 0.949 bits per heavy atom. The molecule has 6 rings (SSSR count). The van der Waals surface area contributed by atoms with Gasteiger partial charge in [-0.15, -0.1) is 0 Å². The number of aromatic nitrogens is 6. The Balaban J connectivity index is 1.41. The third-order valence-electron chi connectivity index (χ3n) is 6.87. The number of fused-ring (bicyclic) bond motifs is 2. The summed E-state index contributed by atoms with van der Waals surface area (Å²) >= 11 is 0. The molecule has 0 saturated heterocycles. The molecule has 6 aromatic rings. The van der Waals surface area contributed by atoms with Crippen molar-refractivity contribution < 1.29 is 4.39 Å². The predicted octanol–water partition coefficient (Wildman–Crippen LogP) is 5.59. The molecular formula is C30H29FN8. The number of hydrogen-bond acceptors (Lipinski definition) is 6. The SMILES string of the molecule is CNCCCc1cc(F)cc(-c2nccc3[nH]c(-c4n[nH]c5ccc(-c6cncc(N(C)C)c6)nc45)cc23)c1. The van der Waals surface area contributed by atoms with Gasteiger partial charge >= 0.3 is 0 Å². The molecular weight excluding hydrogens is 491 g/mol. The van der Waals surface area contributed by atoms with Crippen LogP contribution in [0.2, 0.25) is 0 Å². The summed E-state index contributed by atoms with van der Waals surface area (Å²) in [5, 5.41) is 11.7. The number of aryl methyl sites for hydroxylation is 1. The van der Waals surface area contributed by atoms with Gasteiger partial charge in [-0.25, -0.2) is 9.37 Å². The molecule has 0 amide bonds. The van der Waals surface area contributed by atoms with E-state index in [1.165, 1.54) is 0 Å². The Bertz CT molecular complexity index is 1790. The second-order valence-corrected chi connectivity index (χ2v) is 9.85. The lowest BCUT2D eigenvalue weighted by atomic mass is 10.0. The van der Waals surface area contributed by atoms with E-state index in [2.05, 4.69) is 36.5 Å². The summed E-state index contributed by atoms with van der Waals surface area (Å²) < 4.78 is 14.6. The lowest BCUT2D eigenvalue weighted by Crippen LogP contribution is -2.08. The van der Waals surface area contributed by atoms with Crippen molar-refractivity contribution in [2.24, 2.45) is 0 Å². The van der Waals surface area contributed by atoms with Gasteiger partial charge in [0.15, 0.2) is 0 Å². The molecule has 0 saturated carbocycles. The molecule has 5 heterocycles. The van der Waals surface area contributed by atoms with Crippen LogP contribution in [-0.2, 0) is 6.42 Å². The summed E-state index contributed by atoms with van der Waals surface area (Å²) in [6.07, 6.45) is 7.11. The lowest BCUT2D eigenvalue weighted by molar-refractivity contribution is 0.624. The first-order valence-corrected chi connectivity index (χ1v) is 12.9. The number of anilines is 1. The van der Waals surface area contributed by atoms with E-state index < -0.39 is 0 Å². The van der Waals surface area contributed by atoms with Crippen molar-refractivity contribution in [3.8, 4) is 33.9 Å². The molecule has 8 nitrogen and oxygen atoms in total. The van der Waals surface area contributed by atoms with Crippen LogP contribution in [0.1, 0.15) is 12.0 Å². The number of nitrogens with one attached hydrogen (secondary N) is 3. The van der Waals surface area contributed by atoms with Crippen LogP contribution in [-0.4, -0.2) is 57.8 Å². The Morgan fingerprint density at radius 2 is 1.85 bits per heavy atom. The van der Waals surface area contributed by atoms with Gasteiger partial charge in [-0.3, -0.25) is 15.1 Å². The number of aromatic amines is 2. The number of benzene rings is 1. The molecule has 0 unspecified atom stereocenters. The number of nitrogens with zero attached hydrogens (tertiary/aromatic N) is 5. The zero-order valence-electron chi connectivity index (χ0n) is 22.1. The Labute approximate surface area is 225 Å². The van der Waals surface area contributed by atoms with Gasteiger partial charge in [-0.05, 0) is 80.5 Å². The molecule has 9 heteroatoms. The Morgan fingerprint density at radius 3 is 2.69 bits per heavy atom. The molecule has 3 N–H and O–H groups in total. The highest BCUT2D eigenvalue weighted by atomic mass is 19.1. The van der Waals surface area contributed by atoms with Gasteiger partial charge in [0.1, 0.15) is 17.0 Å². The largest absolute Gasteiger partial charge is 0.376 e. The average molecular weight is 521 g/mol. The molecule has 39 heavy (non-hydrogen) atoms. The van der Waals surface area contributed by atoms with E-state index in [4.69, 9.17) is 4.98 Å². The van der Waals surface area contributed by atoms with Crippen LogP contribution in [0.3, 0.4) is 0 Å². The quantitative estimate of drug-likeness (QED) is 0.227. The predicted molar refractivity (Wildman–Crippen MR) is 154 cm³/mol. The fraction of sp³-hybridized carbons (Fsp3) is 0.200. The van der Waals surface area contributed by atoms with Gasteiger partial charge in [0.25, 0.3) is 0 Å². The van der Waals surface area contributed by atoms with E-state index in [0.717, 1.165) is 80.8 Å². The molecule has 0 aliphatic rings. The number of H-pyrrole nitrogens is 2. The fourth-order valence-corrected chi connectivity index (χ4v) is 4.87. The minimum absolute atomic E-state index is 0.260. The van der Waals surface area contributed by atoms with E-state index in [9.17, 15) is 4.39 Å². The van der Waals surface area contributed by atoms with E-state index in [1.807, 2.05) is 68.8 Å². The van der Waals surface area contributed by atoms with E-state index in [-0.39, 0.29) is 5.82 Å².